The van der Waals surface area contributed by atoms with E-state index >= 15 is 0 Å². The molecule has 5 nitrogen and oxygen atoms in total. The molecule has 1 amide bonds. The van der Waals surface area contributed by atoms with Gasteiger partial charge in [-0.2, -0.15) is 0 Å². The fourth-order valence-electron chi connectivity index (χ4n) is 2.67. The van der Waals surface area contributed by atoms with Gasteiger partial charge in [0.2, 0.25) is 5.91 Å². The molecule has 0 radical (unpaired) electrons. The van der Waals surface area contributed by atoms with Crippen molar-refractivity contribution in [3.8, 4) is 0 Å². The molecule has 0 saturated heterocycles. The molecule has 1 heterocycles. The Morgan fingerprint density at radius 1 is 1.20 bits per heavy atom. The second-order valence-electron chi connectivity index (χ2n) is 6.09. The topological polar surface area (TPSA) is 65.7 Å². The van der Waals surface area contributed by atoms with Crippen LogP contribution in [0.2, 0.25) is 0 Å². The van der Waals surface area contributed by atoms with Gasteiger partial charge in [0, 0.05) is 30.4 Å². The van der Waals surface area contributed by atoms with Gasteiger partial charge in [-0.25, -0.2) is 0 Å². The second kappa shape index (κ2) is 7.40. The van der Waals surface area contributed by atoms with Gasteiger partial charge in [0.05, 0.1) is 12.5 Å². The molecule has 2 N–H and O–H groups in total. The SMILES string of the molecule is CC(C(=O)Nc1ccc(N(C)CCO)cc1)c1cc2ccccc2o1. The Kier molecular flexibility index (Phi) is 5.05. The van der Waals surface area contributed by atoms with Crippen molar-refractivity contribution in [1.82, 2.24) is 0 Å². The zero-order chi connectivity index (χ0) is 17.8. The number of nitrogens with zero attached hydrogens (tertiary/aromatic N) is 1. The van der Waals surface area contributed by atoms with Crippen molar-refractivity contribution >= 4 is 28.3 Å². The van der Waals surface area contributed by atoms with E-state index in [1.54, 1.807) is 0 Å². The Hall–Kier alpha value is -2.79. The molecule has 2 aromatic carbocycles. The van der Waals surface area contributed by atoms with E-state index in [1.807, 2.05) is 73.5 Å². The maximum atomic E-state index is 12.5. The molecule has 0 aliphatic carbocycles. The Morgan fingerprint density at radius 3 is 2.60 bits per heavy atom. The number of hydrogen-bond donors (Lipinski definition) is 2. The molecule has 1 unspecified atom stereocenters. The first-order valence-corrected chi connectivity index (χ1v) is 8.30. The molecule has 25 heavy (non-hydrogen) atoms. The summed E-state index contributed by atoms with van der Waals surface area (Å²) in [6.45, 7) is 2.50. The summed E-state index contributed by atoms with van der Waals surface area (Å²) in [5.74, 6) is 0.151. The summed E-state index contributed by atoms with van der Waals surface area (Å²) in [6, 6.07) is 17.2. The van der Waals surface area contributed by atoms with E-state index in [1.165, 1.54) is 0 Å². The van der Waals surface area contributed by atoms with E-state index in [4.69, 9.17) is 9.52 Å². The first-order chi connectivity index (χ1) is 12.1. The lowest BCUT2D eigenvalue weighted by Crippen LogP contribution is -2.21. The number of nitrogens with one attached hydrogen (secondary N) is 1. The van der Waals surface area contributed by atoms with Crippen molar-refractivity contribution in [3.05, 3.63) is 60.4 Å². The quantitative estimate of drug-likeness (QED) is 0.721. The van der Waals surface area contributed by atoms with Crippen LogP contribution < -0.4 is 10.2 Å². The second-order valence-corrected chi connectivity index (χ2v) is 6.09. The maximum absolute atomic E-state index is 12.5. The van der Waals surface area contributed by atoms with Crippen LogP contribution in [0, 0.1) is 0 Å². The van der Waals surface area contributed by atoms with Crippen LogP contribution in [-0.4, -0.2) is 31.2 Å². The van der Waals surface area contributed by atoms with Crippen LogP contribution in [0.15, 0.2) is 59.0 Å². The lowest BCUT2D eigenvalue weighted by Gasteiger charge is -2.18. The van der Waals surface area contributed by atoms with Gasteiger partial charge in [0.1, 0.15) is 11.3 Å². The lowest BCUT2D eigenvalue weighted by atomic mass is 10.1. The Morgan fingerprint density at radius 2 is 1.92 bits per heavy atom. The summed E-state index contributed by atoms with van der Waals surface area (Å²) < 4.78 is 5.77. The predicted octanol–water partition coefficient (Wildman–Crippen LogP) is 3.60. The van der Waals surface area contributed by atoms with Crippen LogP contribution in [0.3, 0.4) is 0 Å². The predicted molar refractivity (Wildman–Crippen MR) is 100 cm³/mol. The third-order valence-electron chi connectivity index (χ3n) is 4.28. The number of carbonyl (C=O) groups excluding carboxylic acids is 1. The number of para-hydroxylation sites is 1. The van der Waals surface area contributed by atoms with Crippen LogP contribution in [0.25, 0.3) is 11.0 Å². The molecule has 5 heteroatoms. The van der Waals surface area contributed by atoms with Gasteiger partial charge in [0.15, 0.2) is 0 Å². The van der Waals surface area contributed by atoms with Gasteiger partial charge in [0.25, 0.3) is 0 Å². The number of furan rings is 1. The maximum Gasteiger partial charge on any atom is 0.234 e. The zero-order valence-electron chi connectivity index (χ0n) is 14.4. The van der Waals surface area contributed by atoms with Crippen molar-refractivity contribution in [3.63, 3.8) is 0 Å². The molecular formula is C20H22N2O3. The fraction of sp³-hybridized carbons (Fsp3) is 0.250. The summed E-state index contributed by atoms with van der Waals surface area (Å²) in [4.78, 5) is 14.4. The summed E-state index contributed by atoms with van der Waals surface area (Å²) in [5, 5.41) is 12.9. The standard InChI is InChI=1S/C20H22N2O3/c1-14(19-13-15-5-3-4-6-18(15)25-19)20(24)21-16-7-9-17(10-8-16)22(2)11-12-23/h3-10,13-14,23H,11-12H2,1-2H3,(H,21,24). The highest BCUT2D eigenvalue weighted by Crippen LogP contribution is 2.26. The first-order valence-electron chi connectivity index (χ1n) is 8.30. The molecular weight excluding hydrogens is 316 g/mol. The number of likely N-dealkylation sites (N-methyl/N-ethyl adjacent to an activating group) is 1. The normalized spacial score (nSPS) is 12.1. The van der Waals surface area contributed by atoms with Gasteiger partial charge < -0.3 is 19.7 Å². The number of anilines is 2. The number of fused-ring (bicyclic) bond motifs is 1. The molecule has 3 aromatic rings. The Labute approximate surface area is 146 Å². The van der Waals surface area contributed by atoms with Crippen LogP contribution in [0.5, 0.6) is 0 Å². The average Bonchev–Trinajstić information content (AvgIpc) is 3.06. The van der Waals surface area contributed by atoms with Crippen LogP contribution in [0.4, 0.5) is 11.4 Å². The van der Waals surface area contributed by atoms with Gasteiger partial charge in [-0.15, -0.1) is 0 Å². The third kappa shape index (κ3) is 3.83. The van der Waals surface area contributed by atoms with Crippen molar-refractivity contribution in [2.75, 3.05) is 30.4 Å². The minimum Gasteiger partial charge on any atom is -0.460 e. The van der Waals surface area contributed by atoms with E-state index in [0.29, 0.717) is 12.3 Å². The van der Waals surface area contributed by atoms with E-state index in [0.717, 1.165) is 22.3 Å². The van der Waals surface area contributed by atoms with Gasteiger partial charge in [-0.1, -0.05) is 18.2 Å². The molecule has 130 valence electrons. The molecule has 1 aromatic heterocycles. The van der Waals surface area contributed by atoms with E-state index in [-0.39, 0.29) is 18.4 Å². The third-order valence-corrected chi connectivity index (χ3v) is 4.28. The van der Waals surface area contributed by atoms with Crippen molar-refractivity contribution in [2.45, 2.75) is 12.8 Å². The monoisotopic (exact) mass is 338 g/mol. The summed E-state index contributed by atoms with van der Waals surface area (Å²) in [7, 11) is 1.91. The minimum absolute atomic E-state index is 0.101. The number of aliphatic hydroxyl groups is 1. The summed E-state index contributed by atoms with van der Waals surface area (Å²) >= 11 is 0. The molecule has 0 aliphatic rings. The molecule has 1 atom stereocenters. The highest BCUT2D eigenvalue weighted by Gasteiger charge is 2.19. The summed E-state index contributed by atoms with van der Waals surface area (Å²) in [6.07, 6.45) is 0. The zero-order valence-corrected chi connectivity index (χ0v) is 14.4. The molecule has 0 spiro atoms. The largest absolute Gasteiger partial charge is 0.460 e. The highest BCUT2D eigenvalue weighted by atomic mass is 16.3. The van der Waals surface area contributed by atoms with Gasteiger partial charge in [-0.05, 0) is 43.3 Å². The van der Waals surface area contributed by atoms with Crippen LogP contribution >= 0.6 is 0 Å². The molecule has 0 aliphatic heterocycles. The lowest BCUT2D eigenvalue weighted by molar-refractivity contribution is -0.117. The molecule has 0 saturated carbocycles. The first kappa shape index (κ1) is 17.0. The number of amides is 1. The van der Waals surface area contributed by atoms with Gasteiger partial charge in [-0.3, -0.25) is 4.79 Å². The average molecular weight is 338 g/mol. The number of aliphatic hydroxyl groups excluding tert-OH is 1. The van der Waals surface area contributed by atoms with Crippen molar-refractivity contribution < 1.29 is 14.3 Å². The van der Waals surface area contributed by atoms with Crippen molar-refractivity contribution in [1.29, 1.82) is 0 Å². The molecule has 0 bridgehead atoms. The minimum atomic E-state index is -0.385. The number of rotatable bonds is 6. The van der Waals surface area contributed by atoms with E-state index in [2.05, 4.69) is 5.32 Å². The molecule has 3 rings (SSSR count). The van der Waals surface area contributed by atoms with Gasteiger partial charge >= 0.3 is 0 Å². The van der Waals surface area contributed by atoms with Crippen LogP contribution in [0.1, 0.15) is 18.6 Å². The number of carbonyl (C=O) groups is 1. The smallest absolute Gasteiger partial charge is 0.234 e. The molecule has 0 fully saturated rings. The highest BCUT2D eigenvalue weighted by molar-refractivity contribution is 5.96. The van der Waals surface area contributed by atoms with E-state index in [9.17, 15) is 4.79 Å². The van der Waals surface area contributed by atoms with E-state index < -0.39 is 0 Å². The number of benzene rings is 2. The Balaban J connectivity index is 1.68. The number of hydrogen-bond acceptors (Lipinski definition) is 4. The summed E-state index contributed by atoms with van der Waals surface area (Å²) in [5.41, 5.74) is 2.50. The van der Waals surface area contributed by atoms with Crippen LogP contribution in [-0.2, 0) is 4.79 Å². The van der Waals surface area contributed by atoms with Crippen molar-refractivity contribution in [2.24, 2.45) is 0 Å². The Bertz CT molecular complexity index is 822. The fourth-order valence-corrected chi connectivity index (χ4v) is 2.67.